The van der Waals surface area contributed by atoms with Gasteiger partial charge in [0.25, 0.3) is 0 Å². The monoisotopic (exact) mass is 328 g/mol. The zero-order valence-electron chi connectivity index (χ0n) is 15.4. The lowest BCUT2D eigenvalue weighted by Gasteiger charge is -2.32. The number of hydrogen-bond donors (Lipinski definition) is 0. The SMILES string of the molecule is CC1(C)OB(c2ccc(C3CCOCC3)c(C3CC3)c2)OC1(C)C. The van der Waals surface area contributed by atoms with Crippen LogP contribution in [-0.4, -0.2) is 31.5 Å². The lowest BCUT2D eigenvalue weighted by molar-refractivity contribution is 0.00578. The number of hydrogen-bond acceptors (Lipinski definition) is 3. The van der Waals surface area contributed by atoms with Gasteiger partial charge in [-0.2, -0.15) is 0 Å². The zero-order valence-corrected chi connectivity index (χ0v) is 15.4. The fraction of sp³-hybridized carbons (Fsp3) is 0.700. The topological polar surface area (TPSA) is 27.7 Å². The van der Waals surface area contributed by atoms with Gasteiger partial charge in [-0.3, -0.25) is 0 Å². The van der Waals surface area contributed by atoms with E-state index in [1.54, 1.807) is 5.56 Å². The van der Waals surface area contributed by atoms with Crippen LogP contribution in [0.1, 0.15) is 76.3 Å². The van der Waals surface area contributed by atoms with E-state index < -0.39 is 0 Å². The van der Waals surface area contributed by atoms with Gasteiger partial charge in [-0.1, -0.05) is 18.2 Å². The summed E-state index contributed by atoms with van der Waals surface area (Å²) >= 11 is 0. The second kappa shape index (κ2) is 5.86. The van der Waals surface area contributed by atoms with Crippen LogP contribution in [0, 0.1) is 0 Å². The van der Waals surface area contributed by atoms with Crippen molar-refractivity contribution in [3.8, 4) is 0 Å². The number of rotatable bonds is 3. The molecule has 0 unspecified atom stereocenters. The molecule has 0 radical (unpaired) electrons. The Morgan fingerprint density at radius 3 is 2.00 bits per heavy atom. The van der Waals surface area contributed by atoms with Crippen molar-refractivity contribution in [2.45, 2.75) is 76.4 Å². The summed E-state index contributed by atoms with van der Waals surface area (Å²) in [5.41, 5.74) is 3.69. The van der Waals surface area contributed by atoms with E-state index in [0.29, 0.717) is 5.92 Å². The highest BCUT2D eigenvalue weighted by Crippen LogP contribution is 2.45. The Labute approximate surface area is 146 Å². The van der Waals surface area contributed by atoms with Gasteiger partial charge in [-0.05, 0) is 81.8 Å². The van der Waals surface area contributed by atoms with Gasteiger partial charge in [0.15, 0.2) is 0 Å². The van der Waals surface area contributed by atoms with E-state index in [4.69, 9.17) is 14.0 Å². The predicted octanol–water partition coefficient (Wildman–Crippen LogP) is 3.76. The highest BCUT2D eigenvalue weighted by molar-refractivity contribution is 6.62. The first-order chi connectivity index (χ1) is 11.4. The second-order valence-corrected chi connectivity index (χ2v) is 8.64. The fourth-order valence-corrected chi connectivity index (χ4v) is 3.85. The molecule has 1 aromatic rings. The molecule has 2 aliphatic heterocycles. The summed E-state index contributed by atoms with van der Waals surface area (Å²) in [4.78, 5) is 0. The van der Waals surface area contributed by atoms with E-state index in [1.807, 2.05) is 0 Å². The van der Waals surface area contributed by atoms with Crippen LogP contribution in [0.4, 0.5) is 0 Å². The number of benzene rings is 1. The van der Waals surface area contributed by atoms with Crippen molar-refractivity contribution in [2.24, 2.45) is 0 Å². The fourth-order valence-electron chi connectivity index (χ4n) is 3.85. The van der Waals surface area contributed by atoms with Crippen LogP contribution in [0.15, 0.2) is 18.2 Å². The summed E-state index contributed by atoms with van der Waals surface area (Å²) in [6.07, 6.45) is 4.94. The molecule has 1 aliphatic carbocycles. The molecule has 130 valence electrons. The van der Waals surface area contributed by atoms with Gasteiger partial charge in [-0.25, -0.2) is 0 Å². The Morgan fingerprint density at radius 2 is 1.42 bits per heavy atom. The molecule has 4 rings (SSSR count). The van der Waals surface area contributed by atoms with E-state index in [-0.39, 0.29) is 18.3 Å². The lowest BCUT2D eigenvalue weighted by atomic mass is 9.75. The second-order valence-electron chi connectivity index (χ2n) is 8.64. The summed E-state index contributed by atoms with van der Waals surface area (Å²) in [5, 5.41) is 0. The molecule has 2 heterocycles. The third kappa shape index (κ3) is 2.93. The van der Waals surface area contributed by atoms with Gasteiger partial charge in [0.05, 0.1) is 11.2 Å². The normalized spacial score (nSPS) is 26.8. The maximum absolute atomic E-state index is 6.25. The third-order valence-electron chi connectivity index (χ3n) is 6.31. The van der Waals surface area contributed by atoms with Crippen LogP contribution in [0.3, 0.4) is 0 Å². The standard InChI is InChI=1S/C20H29BO3/c1-19(2)20(3,4)24-21(23-19)16-7-8-17(15-9-11-22-12-10-15)18(13-16)14-5-6-14/h7-8,13-15H,5-6,9-12H2,1-4H3. The molecule has 3 aliphatic rings. The number of ether oxygens (including phenoxy) is 1. The van der Waals surface area contributed by atoms with Gasteiger partial charge >= 0.3 is 7.12 Å². The van der Waals surface area contributed by atoms with Crippen molar-refractivity contribution in [1.29, 1.82) is 0 Å². The molecular weight excluding hydrogens is 299 g/mol. The lowest BCUT2D eigenvalue weighted by Crippen LogP contribution is -2.41. The molecule has 0 atom stereocenters. The smallest absolute Gasteiger partial charge is 0.399 e. The molecule has 1 aromatic carbocycles. The van der Waals surface area contributed by atoms with E-state index in [0.717, 1.165) is 32.0 Å². The summed E-state index contributed by atoms with van der Waals surface area (Å²) < 4.78 is 18.0. The van der Waals surface area contributed by atoms with Crippen LogP contribution in [-0.2, 0) is 14.0 Å². The Kier molecular flexibility index (Phi) is 4.06. The Morgan fingerprint density at radius 1 is 0.833 bits per heavy atom. The molecule has 0 amide bonds. The predicted molar refractivity (Wildman–Crippen MR) is 96.9 cm³/mol. The first-order valence-electron chi connectivity index (χ1n) is 9.44. The first-order valence-corrected chi connectivity index (χ1v) is 9.44. The van der Waals surface area contributed by atoms with Crippen molar-refractivity contribution in [3.63, 3.8) is 0 Å². The minimum absolute atomic E-state index is 0.253. The zero-order chi connectivity index (χ0) is 16.9. The molecule has 0 N–H and O–H groups in total. The maximum atomic E-state index is 6.25. The Hall–Kier alpha value is -0.835. The average molecular weight is 328 g/mol. The molecule has 4 heteroatoms. The summed E-state index contributed by atoms with van der Waals surface area (Å²) in [7, 11) is -0.253. The van der Waals surface area contributed by atoms with Crippen molar-refractivity contribution in [2.75, 3.05) is 13.2 Å². The van der Waals surface area contributed by atoms with Crippen LogP contribution in [0.5, 0.6) is 0 Å². The molecule has 1 saturated carbocycles. The molecule has 3 nitrogen and oxygen atoms in total. The van der Waals surface area contributed by atoms with Gasteiger partial charge < -0.3 is 14.0 Å². The molecule has 0 bridgehead atoms. The molecule has 24 heavy (non-hydrogen) atoms. The highest BCUT2D eigenvalue weighted by Gasteiger charge is 2.51. The Balaban J connectivity index is 1.63. The minimum Gasteiger partial charge on any atom is -0.399 e. The quantitative estimate of drug-likeness (QED) is 0.791. The maximum Gasteiger partial charge on any atom is 0.494 e. The molecule has 3 fully saturated rings. The van der Waals surface area contributed by atoms with Gasteiger partial charge in [-0.15, -0.1) is 0 Å². The van der Waals surface area contributed by atoms with E-state index in [9.17, 15) is 0 Å². The van der Waals surface area contributed by atoms with E-state index in [2.05, 4.69) is 45.9 Å². The largest absolute Gasteiger partial charge is 0.494 e. The van der Waals surface area contributed by atoms with Crippen molar-refractivity contribution in [1.82, 2.24) is 0 Å². The van der Waals surface area contributed by atoms with Crippen LogP contribution >= 0.6 is 0 Å². The first kappa shape index (κ1) is 16.6. The summed E-state index contributed by atoms with van der Waals surface area (Å²) in [6, 6.07) is 6.92. The van der Waals surface area contributed by atoms with Gasteiger partial charge in [0.1, 0.15) is 0 Å². The summed E-state index contributed by atoms with van der Waals surface area (Å²) in [5.74, 6) is 1.40. The van der Waals surface area contributed by atoms with Crippen molar-refractivity contribution < 1.29 is 14.0 Å². The van der Waals surface area contributed by atoms with E-state index >= 15 is 0 Å². The molecule has 0 aromatic heterocycles. The van der Waals surface area contributed by atoms with Crippen molar-refractivity contribution in [3.05, 3.63) is 29.3 Å². The van der Waals surface area contributed by atoms with E-state index in [1.165, 1.54) is 23.9 Å². The average Bonchev–Trinajstić information content (AvgIpc) is 3.35. The third-order valence-corrected chi connectivity index (χ3v) is 6.31. The van der Waals surface area contributed by atoms with Gasteiger partial charge in [0.2, 0.25) is 0 Å². The van der Waals surface area contributed by atoms with Crippen LogP contribution in [0.25, 0.3) is 0 Å². The van der Waals surface area contributed by atoms with Gasteiger partial charge in [0, 0.05) is 13.2 Å². The highest BCUT2D eigenvalue weighted by atomic mass is 16.7. The Bertz CT molecular complexity index is 599. The molecular formula is C20H29BO3. The van der Waals surface area contributed by atoms with Crippen molar-refractivity contribution >= 4 is 12.6 Å². The molecule has 0 spiro atoms. The van der Waals surface area contributed by atoms with Crippen LogP contribution < -0.4 is 5.46 Å². The van der Waals surface area contributed by atoms with Crippen LogP contribution in [0.2, 0.25) is 0 Å². The molecule has 2 saturated heterocycles. The minimum atomic E-state index is -0.281. The summed E-state index contributed by atoms with van der Waals surface area (Å²) in [6.45, 7) is 10.3.